The van der Waals surface area contributed by atoms with Gasteiger partial charge in [-0.05, 0) is 38.5 Å². The standard InChI is InChI=1S/C12H16N2OS/c1-7-5-8-10(9(6-7)15-4)16-11(14-8)12(2,3)13/h5-6H,13H2,1-4H3. The van der Waals surface area contributed by atoms with Crippen LogP contribution < -0.4 is 10.5 Å². The third kappa shape index (κ3) is 1.90. The van der Waals surface area contributed by atoms with E-state index in [2.05, 4.69) is 11.1 Å². The van der Waals surface area contributed by atoms with Crippen LogP contribution >= 0.6 is 11.3 Å². The minimum atomic E-state index is -0.400. The summed E-state index contributed by atoms with van der Waals surface area (Å²) in [5, 5.41) is 0.936. The first kappa shape index (κ1) is 11.4. The zero-order valence-corrected chi connectivity index (χ0v) is 10.8. The molecule has 2 rings (SSSR count). The van der Waals surface area contributed by atoms with Gasteiger partial charge in [-0.25, -0.2) is 4.98 Å². The molecule has 3 nitrogen and oxygen atoms in total. The molecule has 16 heavy (non-hydrogen) atoms. The highest BCUT2D eigenvalue weighted by molar-refractivity contribution is 7.19. The predicted molar refractivity (Wildman–Crippen MR) is 68.1 cm³/mol. The quantitative estimate of drug-likeness (QED) is 0.872. The predicted octanol–water partition coefficient (Wildman–Crippen LogP) is 2.81. The van der Waals surface area contributed by atoms with Gasteiger partial charge >= 0.3 is 0 Å². The van der Waals surface area contributed by atoms with Crippen LogP contribution in [-0.2, 0) is 5.54 Å². The average molecular weight is 236 g/mol. The molecule has 0 spiro atoms. The second-order valence-corrected chi connectivity index (χ2v) is 5.56. The van der Waals surface area contributed by atoms with Crippen molar-refractivity contribution in [2.75, 3.05) is 7.11 Å². The number of rotatable bonds is 2. The van der Waals surface area contributed by atoms with E-state index in [1.807, 2.05) is 26.8 Å². The Morgan fingerprint density at radius 2 is 2.06 bits per heavy atom. The number of fused-ring (bicyclic) bond motifs is 1. The van der Waals surface area contributed by atoms with Gasteiger partial charge in [0.2, 0.25) is 0 Å². The third-order valence-corrected chi connectivity index (χ3v) is 3.80. The minimum absolute atomic E-state index is 0.400. The van der Waals surface area contributed by atoms with E-state index < -0.39 is 5.54 Å². The Bertz CT molecular complexity index is 526. The number of benzene rings is 1. The number of nitrogens with two attached hydrogens (primary N) is 1. The van der Waals surface area contributed by atoms with Gasteiger partial charge in [0, 0.05) is 0 Å². The Kier molecular flexibility index (Phi) is 2.64. The van der Waals surface area contributed by atoms with Crippen molar-refractivity contribution in [3.05, 3.63) is 22.7 Å². The third-order valence-electron chi connectivity index (χ3n) is 2.37. The van der Waals surface area contributed by atoms with Crippen LogP contribution in [0.25, 0.3) is 10.2 Å². The molecule has 0 atom stereocenters. The summed E-state index contributed by atoms with van der Waals surface area (Å²) in [7, 11) is 1.68. The summed E-state index contributed by atoms with van der Waals surface area (Å²) < 4.78 is 6.43. The number of aromatic nitrogens is 1. The molecule has 0 aliphatic rings. The van der Waals surface area contributed by atoms with Crippen LogP contribution in [0, 0.1) is 6.92 Å². The number of hydrogen-bond donors (Lipinski definition) is 1. The summed E-state index contributed by atoms with van der Waals surface area (Å²) >= 11 is 1.60. The van der Waals surface area contributed by atoms with Gasteiger partial charge in [0.1, 0.15) is 10.8 Å². The van der Waals surface area contributed by atoms with E-state index in [9.17, 15) is 0 Å². The first-order valence-electron chi connectivity index (χ1n) is 5.16. The van der Waals surface area contributed by atoms with Crippen LogP contribution in [0.2, 0.25) is 0 Å². The van der Waals surface area contributed by atoms with Crippen molar-refractivity contribution in [1.82, 2.24) is 4.98 Å². The zero-order valence-electron chi connectivity index (χ0n) is 10.00. The average Bonchev–Trinajstić information content (AvgIpc) is 2.59. The Hall–Kier alpha value is -1.13. The van der Waals surface area contributed by atoms with Gasteiger partial charge in [-0.15, -0.1) is 11.3 Å². The number of ether oxygens (including phenoxy) is 1. The maximum Gasteiger partial charge on any atom is 0.138 e. The first-order valence-corrected chi connectivity index (χ1v) is 5.98. The van der Waals surface area contributed by atoms with Crippen molar-refractivity contribution >= 4 is 21.6 Å². The Labute approximate surface area is 99.3 Å². The Balaban J connectivity index is 2.70. The highest BCUT2D eigenvalue weighted by atomic mass is 32.1. The van der Waals surface area contributed by atoms with E-state index in [4.69, 9.17) is 10.5 Å². The van der Waals surface area contributed by atoms with E-state index in [-0.39, 0.29) is 0 Å². The fourth-order valence-electron chi connectivity index (χ4n) is 1.56. The molecule has 0 fully saturated rings. The smallest absolute Gasteiger partial charge is 0.138 e. The molecule has 0 saturated heterocycles. The molecule has 0 unspecified atom stereocenters. The molecule has 0 aliphatic heterocycles. The van der Waals surface area contributed by atoms with E-state index in [0.717, 1.165) is 26.5 Å². The second-order valence-electron chi connectivity index (χ2n) is 4.56. The molecular weight excluding hydrogens is 220 g/mol. The van der Waals surface area contributed by atoms with Crippen molar-refractivity contribution in [1.29, 1.82) is 0 Å². The number of nitrogens with zero attached hydrogens (tertiary/aromatic N) is 1. The molecule has 0 aliphatic carbocycles. The van der Waals surface area contributed by atoms with E-state index in [0.29, 0.717) is 0 Å². The van der Waals surface area contributed by atoms with Crippen LogP contribution in [0.5, 0.6) is 5.75 Å². The summed E-state index contributed by atoms with van der Waals surface area (Å²) in [6.45, 7) is 5.96. The molecule has 2 aromatic rings. The van der Waals surface area contributed by atoms with E-state index in [1.165, 1.54) is 0 Å². The summed E-state index contributed by atoms with van der Waals surface area (Å²) in [6.07, 6.45) is 0. The van der Waals surface area contributed by atoms with Crippen LogP contribution in [0.1, 0.15) is 24.4 Å². The summed E-state index contributed by atoms with van der Waals surface area (Å²) in [5.74, 6) is 0.878. The molecule has 2 N–H and O–H groups in total. The maximum absolute atomic E-state index is 6.06. The lowest BCUT2D eigenvalue weighted by atomic mass is 10.1. The Morgan fingerprint density at radius 1 is 1.38 bits per heavy atom. The normalized spacial score (nSPS) is 12.1. The van der Waals surface area contributed by atoms with Crippen molar-refractivity contribution in [3.8, 4) is 5.75 Å². The van der Waals surface area contributed by atoms with Crippen LogP contribution in [-0.4, -0.2) is 12.1 Å². The van der Waals surface area contributed by atoms with Crippen LogP contribution in [0.3, 0.4) is 0 Å². The van der Waals surface area contributed by atoms with Crippen molar-refractivity contribution in [3.63, 3.8) is 0 Å². The van der Waals surface area contributed by atoms with Crippen molar-refractivity contribution < 1.29 is 4.74 Å². The highest BCUT2D eigenvalue weighted by Gasteiger charge is 2.20. The molecule has 0 radical (unpaired) electrons. The van der Waals surface area contributed by atoms with Gasteiger partial charge in [-0.1, -0.05) is 0 Å². The van der Waals surface area contributed by atoms with Crippen LogP contribution in [0.15, 0.2) is 12.1 Å². The fraction of sp³-hybridized carbons (Fsp3) is 0.417. The molecular formula is C12H16N2OS. The van der Waals surface area contributed by atoms with Gasteiger partial charge < -0.3 is 10.5 Å². The summed E-state index contributed by atoms with van der Waals surface area (Å²) in [6, 6.07) is 4.08. The van der Waals surface area contributed by atoms with E-state index >= 15 is 0 Å². The molecule has 86 valence electrons. The maximum atomic E-state index is 6.06. The molecule has 4 heteroatoms. The number of methoxy groups -OCH3 is 1. The second kappa shape index (κ2) is 3.71. The molecule has 0 amide bonds. The minimum Gasteiger partial charge on any atom is -0.495 e. The summed E-state index contributed by atoms with van der Waals surface area (Å²) in [4.78, 5) is 4.57. The molecule has 1 aromatic carbocycles. The highest BCUT2D eigenvalue weighted by Crippen LogP contribution is 2.35. The van der Waals surface area contributed by atoms with E-state index in [1.54, 1.807) is 18.4 Å². The number of aryl methyl sites for hydroxylation is 1. The summed E-state index contributed by atoms with van der Waals surface area (Å²) in [5.41, 5.74) is 7.77. The van der Waals surface area contributed by atoms with Gasteiger partial charge in [-0.3, -0.25) is 0 Å². The largest absolute Gasteiger partial charge is 0.495 e. The Morgan fingerprint density at radius 3 is 2.62 bits per heavy atom. The first-order chi connectivity index (χ1) is 7.41. The van der Waals surface area contributed by atoms with Crippen molar-refractivity contribution in [2.24, 2.45) is 5.73 Å². The van der Waals surface area contributed by atoms with Gasteiger partial charge in [0.05, 0.1) is 22.9 Å². The zero-order chi connectivity index (χ0) is 11.9. The topological polar surface area (TPSA) is 48.1 Å². The number of hydrogen-bond acceptors (Lipinski definition) is 4. The monoisotopic (exact) mass is 236 g/mol. The molecule has 1 aromatic heterocycles. The SMILES string of the molecule is COc1cc(C)cc2nc(C(C)(C)N)sc12. The lowest BCUT2D eigenvalue weighted by molar-refractivity contribution is 0.420. The van der Waals surface area contributed by atoms with Gasteiger partial charge in [0.25, 0.3) is 0 Å². The number of thiazole rings is 1. The van der Waals surface area contributed by atoms with Crippen molar-refractivity contribution in [2.45, 2.75) is 26.3 Å². The van der Waals surface area contributed by atoms with Gasteiger partial charge in [-0.2, -0.15) is 0 Å². The van der Waals surface area contributed by atoms with Gasteiger partial charge in [0.15, 0.2) is 0 Å². The fourth-order valence-corrected chi connectivity index (χ4v) is 2.62. The molecule has 1 heterocycles. The molecule has 0 saturated carbocycles. The van der Waals surface area contributed by atoms with Crippen LogP contribution in [0.4, 0.5) is 0 Å². The lowest BCUT2D eigenvalue weighted by Crippen LogP contribution is -2.28. The molecule has 0 bridgehead atoms. The lowest BCUT2D eigenvalue weighted by Gasteiger charge is -2.13.